The summed E-state index contributed by atoms with van der Waals surface area (Å²) in [6.45, 7) is 5.55. The molecule has 1 fully saturated rings. The molecule has 8 heteroatoms. The van der Waals surface area contributed by atoms with Crippen molar-refractivity contribution < 1.29 is 18.0 Å². The quantitative estimate of drug-likeness (QED) is 0.474. The summed E-state index contributed by atoms with van der Waals surface area (Å²) >= 11 is 0. The summed E-state index contributed by atoms with van der Waals surface area (Å²) in [5.74, 6) is 0. The number of hydrogen-bond acceptors (Lipinski definition) is 3. The van der Waals surface area contributed by atoms with Crippen molar-refractivity contribution in [1.82, 2.24) is 4.98 Å². The third-order valence-electron chi connectivity index (χ3n) is 6.23. The standard InChI is InChI=1S/C25H21F3N4O/c1-16-24(2,3)32(20-7-4-17(5-8-20)18-10-12-30-13-11-18)23(33)31(16)21-9-6-19(15-29)22(14-21)25(26,27)28/h4-14,16H,1-3H3. The van der Waals surface area contributed by atoms with E-state index in [0.717, 1.165) is 23.3 Å². The first-order valence-corrected chi connectivity index (χ1v) is 10.3. The zero-order chi connectivity index (χ0) is 24.0. The van der Waals surface area contributed by atoms with Crippen molar-refractivity contribution in [3.05, 3.63) is 78.1 Å². The maximum atomic E-state index is 13.5. The van der Waals surface area contributed by atoms with Crippen LogP contribution < -0.4 is 9.80 Å². The Hall–Kier alpha value is -3.86. The number of hydrogen-bond donors (Lipinski definition) is 0. The van der Waals surface area contributed by atoms with Gasteiger partial charge in [-0.05, 0) is 74.4 Å². The van der Waals surface area contributed by atoms with Crippen molar-refractivity contribution in [2.45, 2.75) is 38.5 Å². The molecule has 1 atom stereocenters. The Bertz CT molecular complexity index is 1230. The molecule has 1 aliphatic rings. The van der Waals surface area contributed by atoms with Crippen molar-refractivity contribution in [3.8, 4) is 17.2 Å². The van der Waals surface area contributed by atoms with Gasteiger partial charge in [-0.25, -0.2) is 4.79 Å². The molecular formula is C25H21F3N4O. The summed E-state index contributed by atoms with van der Waals surface area (Å²) in [6, 6.07) is 15.3. The largest absolute Gasteiger partial charge is 0.417 e. The minimum atomic E-state index is -4.70. The number of benzene rings is 2. The molecule has 4 rings (SSSR count). The monoisotopic (exact) mass is 450 g/mol. The van der Waals surface area contributed by atoms with Crippen LogP contribution in [0.15, 0.2) is 67.0 Å². The third kappa shape index (κ3) is 3.80. The second-order valence-corrected chi connectivity index (χ2v) is 8.44. The summed E-state index contributed by atoms with van der Waals surface area (Å²) in [6.07, 6.45) is -1.31. The Labute approximate surface area is 189 Å². The molecule has 0 N–H and O–H groups in total. The lowest BCUT2D eigenvalue weighted by molar-refractivity contribution is -0.137. The number of pyridine rings is 1. The number of alkyl halides is 3. The van der Waals surface area contributed by atoms with Crippen LogP contribution in [0.5, 0.6) is 0 Å². The van der Waals surface area contributed by atoms with Gasteiger partial charge < -0.3 is 0 Å². The number of rotatable bonds is 3. The summed E-state index contributed by atoms with van der Waals surface area (Å²) in [4.78, 5) is 20.5. The predicted molar refractivity (Wildman–Crippen MR) is 120 cm³/mol. The second kappa shape index (κ2) is 7.93. The van der Waals surface area contributed by atoms with E-state index in [9.17, 15) is 18.0 Å². The van der Waals surface area contributed by atoms with Gasteiger partial charge in [0.2, 0.25) is 0 Å². The molecule has 0 spiro atoms. The topological polar surface area (TPSA) is 60.2 Å². The minimum absolute atomic E-state index is 0.0998. The lowest BCUT2D eigenvalue weighted by Crippen LogP contribution is -2.45. The highest BCUT2D eigenvalue weighted by Crippen LogP contribution is 2.42. The van der Waals surface area contributed by atoms with Crippen molar-refractivity contribution >= 4 is 17.4 Å². The molecule has 0 radical (unpaired) electrons. The van der Waals surface area contributed by atoms with E-state index in [2.05, 4.69) is 4.98 Å². The van der Waals surface area contributed by atoms with E-state index in [1.807, 2.05) is 50.2 Å². The van der Waals surface area contributed by atoms with Crippen molar-refractivity contribution in [1.29, 1.82) is 5.26 Å². The van der Waals surface area contributed by atoms with Crippen LogP contribution in [0.2, 0.25) is 0 Å². The Morgan fingerprint density at radius 2 is 1.55 bits per heavy atom. The van der Waals surface area contributed by atoms with Gasteiger partial charge in [0, 0.05) is 23.8 Å². The van der Waals surface area contributed by atoms with Gasteiger partial charge in [0.05, 0.1) is 28.8 Å². The van der Waals surface area contributed by atoms with Gasteiger partial charge in [0.1, 0.15) is 0 Å². The lowest BCUT2D eigenvalue weighted by Gasteiger charge is -2.33. The maximum Gasteiger partial charge on any atom is 0.417 e. The van der Waals surface area contributed by atoms with Crippen LogP contribution in [0, 0.1) is 11.3 Å². The predicted octanol–water partition coefficient (Wildman–Crippen LogP) is 6.25. The van der Waals surface area contributed by atoms with E-state index in [-0.39, 0.29) is 5.69 Å². The number of aromatic nitrogens is 1. The van der Waals surface area contributed by atoms with E-state index in [1.54, 1.807) is 30.3 Å². The van der Waals surface area contributed by atoms with Gasteiger partial charge in [-0.1, -0.05) is 12.1 Å². The fourth-order valence-electron chi connectivity index (χ4n) is 4.16. The SMILES string of the molecule is CC1N(c2ccc(C#N)c(C(F)(F)F)c2)C(=O)N(c2ccc(-c3ccncc3)cc2)C1(C)C. The highest BCUT2D eigenvalue weighted by Gasteiger charge is 2.51. The van der Waals surface area contributed by atoms with Crippen LogP contribution in [-0.2, 0) is 6.18 Å². The van der Waals surface area contributed by atoms with Crippen LogP contribution in [0.3, 0.4) is 0 Å². The van der Waals surface area contributed by atoms with E-state index >= 15 is 0 Å². The molecule has 3 aromatic rings. The lowest BCUT2D eigenvalue weighted by atomic mass is 9.94. The molecule has 1 unspecified atom stereocenters. The van der Waals surface area contributed by atoms with E-state index in [4.69, 9.17) is 5.26 Å². The smallest absolute Gasteiger partial charge is 0.289 e. The number of halogens is 3. The van der Waals surface area contributed by atoms with Gasteiger partial charge in [-0.15, -0.1) is 0 Å². The number of carbonyl (C=O) groups excluding carboxylic acids is 1. The normalized spacial score (nSPS) is 17.8. The number of nitrogens with zero attached hydrogens (tertiary/aromatic N) is 4. The van der Waals surface area contributed by atoms with E-state index < -0.39 is 34.9 Å². The number of anilines is 2. The summed E-state index contributed by atoms with van der Waals surface area (Å²) in [5.41, 5.74) is 0.438. The summed E-state index contributed by atoms with van der Waals surface area (Å²) in [5, 5.41) is 9.08. The van der Waals surface area contributed by atoms with Gasteiger partial charge in [-0.2, -0.15) is 18.4 Å². The molecule has 1 aliphatic heterocycles. The molecule has 0 aliphatic carbocycles. The number of nitriles is 1. The fraction of sp³-hybridized carbons (Fsp3) is 0.240. The van der Waals surface area contributed by atoms with Crippen molar-refractivity contribution in [2.24, 2.45) is 0 Å². The van der Waals surface area contributed by atoms with E-state index in [1.165, 1.54) is 11.0 Å². The summed E-state index contributed by atoms with van der Waals surface area (Å²) < 4.78 is 40.5. The number of carbonyl (C=O) groups is 1. The van der Waals surface area contributed by atoms with Gasteiger partial charge in [-0.3, -0.25) is 14.8 Å². The molecule has 1 aromatic heterocycles. The van der Waals surface area contributed by atoms with Gasteiger partial charge in [0.25, 0.3) is 0 Å². The Balaban J connectivity index is 1.72. The first kappa shape index (κ1) is 22.3. The maximum absolute atomic E-state index is 13.5. The molecule has 1 saturated heterocycles. The summed E-state index contributed by atoms with van der Waals surface area (Å²) in [7, 11) is 0. The average Bonchev–Trinajstić information content (AvgIpc) is 2.97. The minimum Gasteiger partial charge on any atom is -0.289 e. The molecular weight excluding hydrogens is 429 g/mol. The Kier molecular flexibility index (Phi) is 5.36. The first-order valence-electron chi connectivity index (χ1n) is 10.3. The Morgan fingerprint density at radius 1 is 0.970 bits per heavy atom. The van der Waals surface area contributed by atoms with Crippen LogP contribution in [0.25, 0.3) is 11.1 Å². The highest BCUT2D eigenvalue weighted by atomic mass is 19.4. The zero-order valence-electron chi connectivity index (χ0n) is 18.3. The molecule has 2 heterocycles. The Morgan fingerprint density at radius 3 is 2.12 bits per heavy atom. The molecule has 33 heavy (non-hydrogen) atoms. The molecule has 2 aromatic carbocycles. The highest BCUT2D eigenvalue weighted by molar-refractivity contribution is 6.08. The zero-order valence-corrected chi connectivity index (χ0v) is 18.3. The van der Waals surface area contributed by atoms with Crippen LogP contribution in [0.1, 0.15) is 31.9 Å². The van der Waals surface area contributed by atoms with Crippen LogP contribution in [-0.4, -0.2) is 22.6 Å². The van der Waals surface area contributed by atoms with E-state index in [0.29, 0.717) is 5.69 Å². The second-order valence-electron chi connectivity index (χ2n) is 8.44. The average molecular weight is 450 g/mol. The molecule has 5 nitrogen and oxygen atoms in total. The van der Waals surface area contributed by atoms with Crippen molar-refractivity contribution in [2.75, 3.05) is 9.80 Å². The molecule has 0 bridgehead atoms. The fourth-order valence-corrected chi connectivity index (χ4v) is 4.16. The van der Waals surface area contributed by atoms with Crippen LogP contribution in [0.4, 0.5) is 29.3 Å². The molecule has 0 saturated carbocycles. The molecule has 2 amide bonds. The molecule has 168 valence electrons. The first-order chi connectivity index (χ1) is 15.6. The van der Waals surface area contributed by atoms with Crippen molar-refractivity contribution in [3.63, 3.8) is 0 Å². The number of urea groups is 1. The van der Waals surface area contributed by atoms with Gasteiger partial charge in [0.15, 0.2) is 0 Å². The van der Waals surface area contributed by atoms with Crippen LogP contribution >= 0.6 is 0 Å². The third-order valence-corrected chi connectivity index (χ3v) is 6.23. The number of amides is 2. The van der Waals surface area contributed by atoms with Gasteiger partial charge >= 0.3 is 12.2 Å².